The molecule has 128 valence electrons. The molecule has 24 heavy (non-hydrogen) atoms. The summed E-state index contributed by atoms with van der Waals surface area (Å²) in [6.07, 6.45) is -0.192. The van der Waals surface area contributed by atoms with E-state index in [9.17, 15) is 19.5 Å². The number of benzene rings is 1. The van der Waals surface area contributed by atoms with Gasteiger partial charge in [0.1, 0.15) is 5.69 Å². The Bertz CT molecular complexity index is 805. The summed E-state index contributed by atoms with van der Waals surface area (Å²) in [5.74, 6) is -1.96. The Morgan fingerprint density at radius 2 is 1.83 bits per heavy atom. The summed E-state index contributed by atoms with van der Waals surface area (Å²) in [6.45, 7) is 3.39. The predicted molar refractivity (Wildman–Crippen MR) is 87.8 cm³/mol. The Morgan fingerprint density at radius 3 is 2.42 bits per heavy atom. The molecule has 0 saturated carbocycles. The van der Waals surface area contributed by atoms with Crippen LogP contribution >= 0.6 is 0 Å². The third-order valence-corrected chi connectivity index (χ3v) is 3.87. The van der Waals surface area contributed by atoms with Gasteiger partial charge >= 0.3 is 0 Å². The second-order valence-corrected chi connectivity index (χ2v) is 5.87. The van der Waals surface area contributed by atoms with Crippen LogP contribution in [-0.4, -0.2) is 21.2 Å². The topological polar surface area (TPSA) is 96.2 Å². The van der Waals surface area contributed by atoms with Crippen LogP contribution < -0.4 is 16.0 Å². The zero-order valence-corrected chi connectivity index (χ0v) is 13.9. The van der Waals surface area contributed by atoms with Crippen LogP contribution in [0.15, 0.2) is 35.1 Å². The highest BCUT2D eigenvalue weighted by molar-refractivity contribution is 5.91. The summed E-state index contributed by atoms with van der Waals surface area (Å²) in [5.41, 5.74) is 1.18. The first-order valence-corrected chi connectivity index (χ1v) is 7.65. The average Bonchev–Trinajstić information content (AvgIpc) is 2.71. The molecule has 0 aliphatic carbocycles. The smallest absolute Gasteiger partial charge is 0.295 e. The molecule has 1 N–H and O–H groups in total. The normalized spacial score (nSPS) is 12.0. The van der Waals surface area contributed by atoms with E-state index in [1.165, 1.54) is 4.68 Å². The van der Waals surface area contributed by atoms with Crippen LogP contribution in [0.2, 0.25) is 0 Å². The summed E-state index contributed by atoms with van der Waals surface area (Å²) in [5, 5.41) is 13.2. The van der Waals surface area contributed by atoms with E-state index < -0.39 is 11.9 Å². The Kier molecular flexibility index (Phi) is 5.23. The molecule has 0 bridgehead atoms. The highest BCUT2D eigenvalue weighted by Gasteiger charge is 2.19. The molecule has 1 amide bonds. The standard InChI is InChI=1S/C17H21N3O4/c1-11(10-15(22)23)9-14(21)18-16-12(2)19(3)20(17(16)24)13-7-5-4-6-8-13/h4-8,11H,9-10H2,1-3H3,(H,18,21)(H,22,23)/p-1/t11-/m1/s1. The molecule has 7 nitrogen and oxygen atoms in total. The summed E-state index contributed by atoms with van der Waals surface area (Å²) in [4.78, 5) is 35.3. The number of hydrogen-bond donors (Lipinski definition) is 1. The molecule has 0 radical (unpaired) electrons. The molecule has 1 heterocycles. The molecule has 2 aromatic rings. The second-order valence-electron chi connectivity index (χ2n) is 5.87. The lowest BCUT2D eigenvalue weighted by atomic mass is 10.0. The van der Waals surface area contributed by atoms with Crippen LogP contribution in [0.3, 0.4) is 0 Å². The van der Waals surface area contributed by atoms with Gasteiger partial charge in [-0.1, -0.05) is 25.1 Å². The van der Waals surface area contributed by atoms with Gasteiger partial charge in [0.05, 0.1) is 11.4 Å². The van der Waals surface area contributed by atoms with Crippen LogP contribution in [0, 0.1) is 12.8 Å². The number of aliphatic carboxylic acids is 1. The fraction of sp³-hybridized carbons (Fsp3) is 0.353. The Labute approximate surface area is 139 Å². The van der Waals surface area contributed by atoms with Gasteiger partial charge in [0.25, 0.3) is 5.56 Å². The van der Waals surface area contributed by atoms with Crippen molar-refractivity contribution < 1.29 is 14.7 Å². The molecule has 0 fully saturated rings. The largest absolute Gasteiger partial charge is 0.550 e. The van der Waals surface area contributed by atoms with E-state index in [2.05, 4.69) is 5.32 Å². The van der Waals surface area contributed by atoms with Gasteiger partial charge in [-0.25, -0.2) is 4.68 Å². The molecule has 0 spiro atoms. The molecule has 0 unspecified atom stereocenters. The van der Waals surface area contributed by atoms with E-state index in [-0.39, 0.29) is 30.0 Å². The third kappa shape index (κ3) is 3.73. The number of carboxylic acid groups (broad SMARTS) is 1. The lowest BCUT2D eigenvalue weighted by Crippen LogP contribution is -2.27. The van der Waals surface area contributed by atoms with Crippen LogP contribution in [0.1, 0.15) is 25.5 Å². The number of carbonyl (C=O) groups excluding carboxylic acids is 2. The van der Waals surface area contributed by atoms with Crippen LogP contribution in [-0.2, 0) is 16.6 Å². The molecule has 0 aliphatic rings. The predicted octanol–water partition coefficient (Wildman–Crippen LogP) is 0.589. The minimum absolute atomic E-state index is 0.00703. The number of aromatic nitrogens is 2. The van der Waals surface area contributed by atoms with Crippen LogP contribution in [0.5, 0.6) is 0 Å². The first-order valence-electron chi connectivity index (χ1n) is 7.65. The zero-order chi connectivity index (χ0) is 17.9. The quantitative estimate of drug-likeness (QED) is 0.838. The minimum Gasteiger partial charge on any atom is -0.550 e. The molecule has 1 atom stereocenters. The van der Waals surface area contributed by atoms with Crippen molar-refractivity contribution in [2.24, 2.45) is 13.0 Å². The second kappa shape index (κ2) is 7.16. The van der Waals surface area contributed by atoms with Gasteiger partial charge in [0, 0.05) is 19.4 Å². The number of para-hydroxylation sites is 1. The van der Waals surface area contributed by atoms with E-state index in [1.807, 2.05) is 18.2 Å². The number of carbonyl (C=O) groups is 2. The number of anilines is 1. The average molecular weight is 330 g/mol. The molecule has 1 aromatic heterocycles. The molecule has 7 heteroatoms. The van der Waals surface area contributed by atoms with Gasteiger partial charge in [-0.2, -0.15) is 0 Å². The maximum atomic E-state index is 12.6. The first kappa shape index (κ1) is 17.5. The molecular weight excluding hydrogens is 310 g/mol. The minimum atomic E-state index is -1.20. The summed E-state index contributed by atoms with van der Waals surface area (Å²) < 4.78 is 3.13. The van der Waals surface area contributed by atoms with Crippen molar-refractivity contribution >= 4 is 17.6 Å². The van der Waals surface area contributed by atoms with Crippen LogP contribution in [0.4, 0.5) is 5.69 Å². The van der Waals surface area contributed by atoms with Crippen molar-refractivity contribution in [3.63, 3.8) is 0 Å². The van der Waals surface area contributed by atoms with Crippen molar-refractivity contribution in [3.8, 4) is 5.69 Å². The number of hydrogen-bond acceptors (Lipinski definition) is 4. The molecule has 2 rings (SSSR count). The summed E-state index contributed by atoms with van der Waals surface area (Å²) in [7, 11) is 1.73. The maximum Gasteiger partial charge on any atom is 0.295 e. The van der Waals surface area contributed by atoms with Crippen molar-refractivity contribution in [1.82, 2.24) is 9.36 Å². The lowest BCUT2D eigenvalue weighted by Gasteiger charge is -2.11. The Morgan fingerprint density at radius 1 is 1.21 bits per heavy atom. The van der Waals surface area contributed by atoms with Crippen LogP contribution in [0.25, 0.3) is 5.69 Å². The first-order chi connectivity index (χ1) is 11.3. The highest BCUT2D eigenvalue weighted by Crippen LogP contribution is 2.15. The van der Waals surface area contributed by atoms with E-state index in [0.717, 1.165) is 0 Å². The SMILES string of the molecule is Cc1c(NC(=O)C[C@@H](C)CC(=O)[O-])c(=O)n(-c2ccccc2)n1C. The number of carboxylic acids is 1. The van der Waals surface area contributed by atoms with Gasteiger partial charge in [-0.05, 0) is 31.4 Å². The monoisotopic (exact) mass is 330 g/mol. The number of rotatable bonds is 6. The zero-order valence-electron chi connectivity index (χ0n) is 13.9. The van der Waals surface area contributed by atoms with E-state index >= 15 is 0 Å². The van der Waals surface area contributed by atoms with Gasteiger partial charge < -0.3 is 15.2 Å². The van der Waals surface area contributed by atoms with Gasteiger partial charge in [0.15, 0.2) is 0 Å². The lowest BCUT2D eigenvalue weighted by molar-refractivity contribution is -0.306. The van der Waals surface area contributed by atoms with Gasteiger partial charge in [-0.3, -0.25) is 14.3 Å². The Balaban J connectivity index is 2.25. The van der Waals surface area contributed by atoms with Crippen molar-refractivity contribution in [3.05, 3.63) is 46.4 Å². The third-order valence-electron chi connectivity index (χ3n) is 3.87. The molecule has 0 aliphatic heterocycles. The summed E-state index contributed by atoms with van der Waals surface area (Å²) in [6, 6.07) is 9.10. The number of nitrogens with one attached hydrogen (secondary N) is 1. The fourth-order valence-corrected chi connectivity index (χ4v) is 2.58. The fourth-order valence-electron chi connectivity index (χ4n) is 2.58. The van der Waals surface area contributed by atoms with Gasteiger partial charge in [0.2, 0.25) is 5.91 Å². The molecule has 0 saturated heterocycles. The van der Waals surface area contributed by atoms with E-state index in [4.69, 9.17) is 0 Å². The summed E-state index contributed by atoms with van der Waals surface area (Å²) >= 11 is 0. The molecular formula is C17H20N3O4-. The Hall–Kier alpha value is -2.83. The van der Waals surface area contributed by atoms with E-state index in [1.54, 1.807) is 37.7 Å². The highest BCUT2D eigenvalue weighted by atomic mass is 16.4. The molecule has 1 aromatic carbocycles. The number of nitrogens with zero attached hydrogens (tertiary/aromatic N) is 2. The van der Waals surface area contributed by atoms with Gasteiger partial charge in [-0.15, -0.1) is 0 Å². The van der Waals surface area contributed by atoms with Crippen molar-refractivity contribution in [2.75, 3.05) is 5.32 Å². The van der Waals surface area contributed by atoms with Crippen molar-refractivity contribution in [1.29, 1.82) is 0 Å². The van der Waals surface area contributed by atoms with Crippen molar-refractivity contribution in [2.45, 2.75) is 26.7 Å². The maximum absolute atomic E-state index is 12.6. The number of amides is 1. The van der Waals surface area contributed by atoms with E-state index in [0.29, 0.717) is 11.4 Å².